The molecule has 1 rings (SSSR count). The Kier molecular flexibility index (Phi) is 3.96. The van der Waals surface area contributed by atoms with E-state index in [2.05, 4.69) is 46.4 Å². The van der Waals surface area contributed by atoms with E-state index < -0.39 is 0 Å². The van der Waals surface area contributed by atoms with E-state index in [0.717, 1.165) is 6.54 Å². The first-order chi connectivity index (χ1) is 6.43. The first kappa shape index (κ1) is 12.0. The highest BCUT2D eigenvalue weighted by Gasteiger charge is 2.32. The summed E-state index contributed by atoms with van der Waals surface area (Å²) in [5, 5.41) is 0. The van der Waals surface area contributed by atoms with Crippen LogP contribution < -0.4 is 0 Å². The molecule has 0 N–H and O–H groups in total. The molecule has 0 amide bonds. The van der Waals surface area contributed by atoms with Crippen LogP contribution in [-0.2, 0) is 4.74 Å². The standard InChI is InChI=1S/C12H25NO/c1-8(2)13-7-9(3)14-12(6)10(4)11(13)5/h8-12H,7H2,1-6H3. The van der Waals surface area contributed by atoms with Crippen molar-refractivity contribution < 1.29 is 4.74 Å². The van der Waals surface area contributed by atoms with Crippen molar-refractivity contribution >= 4 is 0 Å². The molecule has 1 saturated heterocycles. The number of rotatable bonds is 1. The van der Waals surface area contributed by atoms with Crippen LogP contribution in [0.2, 0.25) is 0 Å². The normalized spacial score (nSPS) is 41.4. The molecule has 1 fully saturated rings. The Hall–Kier alpha value is -0.0800. The van der Waals surface area contributed by atoms with Crippen molar-refractivity contribution in [1.29, 1.82) is 0 Å². The second-order valence-corrected chi connectivity index (χ2v) is 5.04. The van der Waals surface area contributed by atoms with Gasteiger partial charge in [0.1, 0.15) is 0 Å². The van der Waals surface area contributed by atoms with Gasteiger partial charge in [0.05, 0.1) is 12.2 Å². The van der Waals surface area contributed by atoms with Crippen molar-refractivity contribution in [3.05, 3.63) is 0 Å². The minimum Gasteiger partial charge on any atom is -0.374 e. The Morgan fingerprint density at radius 1 is 1.14 bits per heavy atom. The van der Waals surface area contributed by atoms with Crippen LogP contribution in [0.3, 0.4) is 0 Å². The molecule has 0 aromatic carbocycles. The second kappa shape index (κ2) is 4.63. The van der Waals surface area contributed by atoms with E-state index >= 15 is 0 Å². The number of nitrogens with zero attached hydrogens (tertiary/aromatic N) is 1. The van der Waals surface area contributed by atoms with Gasteiger partial charge in [-0.3, -0.25) is 4.90 Å². The van der Waals surface area contributed by atoms with Crippen molar-refractivity contribution in [3.8, 4) is 0 Å². The molecule has 84 valence electrons. The smallest absolute Gasteiger partial charge is 0.0677 e. The van der Waals surface area contributed by atoms with Gasteiger partial charge in [-0.25, -0.2) is 0 Å². The molecule has 0 saturated carbocycles. The van der Waals surface area contributed by atoms with Gasteiger partial charge in [0.25, 0.3) is 0 Å². The zero-order valence-corrected chi connectivity index (χ0v) is 10.4. The van der Waals surface area contributed by atoms with Crippen LogP contribution in [0.5, 0.6) is 0 Å². The molecule has 2 nitrogen and oxygen atoms in total. The van der Waals surface area contributed by atoms with Crippen LogP contribution in [0.15, 0.2) is 0 Å². The molecule has 0 aromatic heterocycles. The summed E-state index contributed by atoms with van der Waals surface area (Å²) < 4.78 is 5.93. The van der Waals surface area contributed by atoms with Crippen LogP contribution in [0.25, 0.3) is 0 Å². The van der Waals surface area contributed by atoms with Gasteiger partial charge >= 0.3 is 0 Å². The highest BCUT2D eigenvalue weighted by Crippen LogP contribution is 2.24. The SMILES string of the molecule is CC1CN(C(C)C)C(C)C(C)C(C)O1. The minimum atomic E-state index is 0.361. The third-order valence-electron chi connectivity index (χ3n) is 3.60. The van der Waals surface area contributed by atoms with Crippen LogP contribution in [0, 0.1) is 5.92 Å². The van der Waals surface area contributed by atoms with Crippen LogP contribution in [0.1, 0.15) is 41.5 Å². The third kappa shape index (κ3) is 2.48. The van der Waals surface area contributed by atoms with Gasteiger partial charge in [0.2, 0.25) is 0 Å². The third-order valence-corrected chi connectivity index (χ3v) is 3.60. The molecule has 1 heterocycles. The molecule has 0 aliphatic carbocycles. The van der Waals surface area contributed by atoms with Gasteiger partial charge in [-0.2, -0.15) is 0 Å². The van der Waals surface area contributed by atoms with Crippen LogP contribution in [0.4, 0.5) is 0 Å². The van der Waals surface area contributed by atoms with E-state index in [1.165, 1.54) is 0 Å². The summed E-state index contributed by atoms with van der Waals surface area (Å²) in [6.07, 6.45) is 0.739. The largest absolute Gasteiger partial charge is 0.374 e. The average molecular weight is 199 g/mol. The van der Waals surface area contributed by atoms with E-state index in [4.69, 9.17) is 4.74 Å². The number of hydrogen-bond donors (Lipinski definition) is 0. The van der Waals surface area contributed by atoms with Gasteiger partial charge in [0.15, 0.2) is 0 Å². The quantitative estimate of drug-likeness (QED) is 0.643. The lowest BCUT2D eigenvalue weighted by atomic mass is 9.96. The molecule has 1 aliphatic rings. The lowest BCUT2D eigenvalue weighted by Gasteiger charge is -2.34. The van der Waals surface area contributed by atoms with Crippen molar-refractivity contribution in [2.24, 2.45) is 5.92 Å². The van der Waals surface area contributed by atoms with E-state index in [-0.39, 0.29) is 0 Å². The molecule has 0 bridgehead atoms. The molecule has 1 aliphatic heterocycles. The molecule has 0 spiro atoms. The summed E-state index contributed by atoms with van der Waals surface area (Å²) in [6.45, 7) is 14.6. The summed E-state index contributed by atoms with van der Waals surface area (Å²) in [5.74, 6) is 0.613. The second-order valence-electron chi connectivity index (χ2n) is 5.04. The average Bonchev–Trinajstić information content (AvgIpc) is 2.18. The van der Waals surface area contributed by atoms with Crippen LogP contribution >= 0.6 is 0 Å². The summed E-state index contributed by atoms with van der Waals surface area (Å²) in [7, 11) is 0. The number of hydrogen-bond acceptors (Lipinski definition) is 2. The monoisotopic (exact) mass is 199 g/mol. The molecule has 0 aromatic rings. The summed E-state index contributed by atoms with van der Waals surface area (Å²) >= 11 is 0. The zero-order chi connectivity index (χ0) is 10.9. The van der Waals surface area contributed by atoms with Gasteiger partial charge in [-0.1, -0.05) is 6.92 Å². The topological polar surface area (TPSA) is 12.5 Å². The Morgan fingerprint density at radius 3 is 2.21 bits per heavy atom. The van der Waals surface area contributed by atoms with Gasteiger partial charge in [0, 0.05) is 18.6 Å². The lowest BCUT2D eigenvalue weighted by molar-refractivity contribution is -0.00479. The highest BCUT2D eigenvalue weighted by atomic mass is 16.5. The van der Waals surface area contributed by atoms with E-state index in [9.17, 15) is 0 Å². The van der Waals surface area contributed by atoms with Gasteiger partial charge in [-0.15, -0.1) is 0 Å². The number of ether oxygens (including phenoxy) is 1. The molecular weight excluding hydrogens is 174 g/mol. The molecule has 2 heteroatoms. The molecule has 14 heavy (non-hydrogen) atoms. The van der Waals surface area contributed by atoms with Crippen molar-refractivity contribution in [2.75, 3.05) is 6.54 Å². The molecule has 4 atom stereocenters. The summed E-state index contributed by atoms with van der Waals surface area (Å²) in [5.41, 5.74) is 0. The fourth-order valence-electron chi connectivity index (χ4n) is 2.37. The lowest BCUT2D eigenvalue weighted by Crippen LogP contribution is -2.44. The Morgan fingerprint density at radius 2 is 1.71 bits per heavy atom. The van der Waals surface area contributed by atoms with Gasteiger partial charge < -0.3 is 4.74 Å². The van der Waals surface area contributed by atoms with E-state index in [0.29, 0.717) is 30.2 Å². The summed E-state index contributed by atoms with van der Waals surface area (Å²) in [6, 6.07) is 1.23. The maximum absolute atomic E-state index is 5.93. The zero-order valence-electron chi connectivity index (χ0n) is 10.4. The first-order valence-corrected chi connectivity index (χ1v) is 5.84. The fourth-order valence-corrected chi connectivity index (χ4v) is 2.37. The van der Waals surface area contributed by atoms with Crippen molar-refractivity contribution in [1.82, 2.24) is 4.90 Å². The first-order valence-electron chi connectivity index (χ1n) is 5.84. The van der Waals surface area contributed by atoms with Crippen molar-refractivity contribution in [3.63, 3.8) is 0 Å². The fraction of sp³-hybridized carbons (Fsp3) is 1.00. The Bertz CT molecular complexity index is 181. The van der Waals surface area contributed by atoms with Gasteiger partial charge in [-0.05, 0) is 40.5 Å². The minimum absolute atomic E-state index is 0.361. The Balaban J connectivity index is 2.77. The highest BCUT2D eigenvalue weighted by molar-refractivity contribution is 4.84. The Labute approximate surface area is 88.6 Å². The van der Waals surface area contributed by atoms with E-state index in [1.807, 2.05) is 0 Å². The summed E-state index contributed by atoms with van der Waals surface area (Å²) in [4.78, 5) is 2.55. The van der Waals surface area contributed by atoms with E-state index in [1.54, 1.807) is 0 Å². The van der Waals surface area contributed by atoms with Crippen LogP contribution in [-0.4, -0.2) is 35.7 Å². The predicted molar refractivity (Wildman–Crippen MR) is 60.5 cm³/mol. The maximum Gasteiger partial charge on any atom is 0.0677 e. The molecular formula is C12H25NO. The van der Waals surface area contributed by atoms with Crippen molar-refractivity contribution in [2.45, 2.75) is 65.8 Å². The predicted octanol–water partition coefficient (Wildman–Crippen LogP) is 2.53. The molecule has 4 unspecified atom stereocenters. The molecule has 0 radical (unpaired) electrons. The maximum atomic E-state index is 5.93.